The number of ether oxygens (including phenoxy) is 1. The monoisotopic (exact) mass is 506 g/mol. The number of carbonyl (C=O) groups excluding carboxylic acids is 1. The van der Waals surface area contributed by atoms with Crippen molar-refractivity contribution in [1.82, 2.24) is 4.90 Å². The highest BCUT2D eigenvalue weighted by Gasteiger charge is 2.53. The van der Waals surface area contributed by atoms with E-state index in [-0.39, 0.29) is 23.7 Å². The Labute approximate surface area is 212 Å². The molecule has 5 nitrogen and oxygen atoms in total. The highest BCUT2D eigenvalue weighted by molar-refractivity contribution is 5.66. The average molecular weight is 507 g/mol. The van der Waals surface area contributed by atoms with Crippen LogP contribution in [0.1, 0.15) is 46.1 Å². The third-order valence-corrected chi connectivity index (χ3v) is 8.34. The molecule has 2 fully saturated rings. The molecule has 2 aliphatic carbocycles. The molecular weight excluding hydrogens is 469 g/mol. The van der Waals surface area contributed by atoms with Crippen LogP contribution in [0, 0.1) is 30.1 Å². The van der Waals surface area contributed by atoms with E-state index in [1.54, 1.807) is 6.07 Å². The molecule has 1 aromatic rings. The molecule has 3 aliphatic rings. The minimum Gasteiger partial charge on any atom is -0.457 e. The Hall–Kier alpha value is -2.06. The van der Waals surface area contributed by atoms with Crippen LogP contribution in [0.25, 0.3) is 0 Å². The number of benzene rings is 1. The van der Waals surface area contributed by atoms with E-state index in [2.05, 4.69) is 24.3 Å². The molecule has 1 heterocycles. The summed E-state index contributed by atoms with van der Waals surface area (Å²) in [7, 11) is 0. The van der Waals surface area contributed by atoms with Gasteiger partial charge in [0.05, 0.1) is 17.6 Å². The van der Waals surface area contributed by atoms with Crippen LogP contribution in [0.5, 0.6) is 0 Å². The zero-order chi connectivity index (χ0) is 26.3. The number of anilines is 1. The van der Waals surface area contributed by atoms with Gasteiger partial charge < -0.3 is 14.7 Å². The van der Waals surface area contributed by atoms with E-state index in [0.717, 1.165) is 44.1 Å². The first-order valence-corrected chi connectivity index (χ1v) is 12.9. The Morgan fingerprint density at radius 2 is 1.94 bits per heavy atom. The summed E-state index contributed by atoms with van der Waals surface area (Å²) in [5.74, 6) is 0.109. The number of halogens is 3. The molecule has 0 unspecified atom stereocenters. The molecular formula is C28H37F3N2O3. The van der Waals surface area contributed by atoms with Gasteiger partial charge in [0.15, 0.2) is 0 Å². The third kappa shape index (κ3) is 5.59. The Bertz CT molecular complexity index is 973. The Kier molecular flexibility index (Phi) is 7.77. The van der Waals surface area contributed by atoms with Crippen LogP contribution in [-0.2, 0) is 15.7 Å². The summed E-state index contributed by atoms with van der Waals surface area (Å²) < 4.78 is 44.7. The van der Waals surface area contributed by atoms with Crippen LogP contribution in [0.2, 0.25) is 0 Å². The van der Waals surface area contributed by atoms with Crippen molar-refractivity contribution in [3.05, 3.63) is 47.9 Å². The number of piperazine rings is 1. The largest absolute Gasteiger partial charge is 0.457 e. The smallest absolute Gasteiger partial charge is 0.416 e. The van der Waals surface area contributed by atoms with Crippen LogP contribution >= 0.6 is 0 Å². The SMILES string of the molecule is CC(=O)O[C@@H]1[C][C@@]2(O)[C@H](C)CC[C@@H]([C@H](C)CN3CCN(c4cccc(C(F)(F)F)c4)CC3)[C@H]2C=C1C. The van der Waals surface area contributed by atoms with Gasteiger partial charge in [-0.2, -0.15) is 13.2 Å². The highest BCUT2D eigenvalue weighted by atomic mass is 19.4. The number of hydrogen-bond acceptors (Lipinski definition) is 5. The van der Waals surface area contributed by atoms with Crippen molar-refractivity contribution >= 4 is 11.7 Å². The molecule has 4 rings (SSSR count). The molecule has 2 radical (unpaired) electrons. The predicted molar refractivity (Wildman–Crippen MR) is 132 cm³/mol. The zero-order valence-electron chi connectivity index (χ0n) is 21.5. The van der Waals surface area contributed by atoms with Crippen molar-refractivity contribution in [2.24, 2.45) is 23.7 Å². The lowest BCUT2D eigenvalue weighted by Gasteiger charge is -2.53. The van der Waals surface area contributed by atoms with Crippen molar-refractivity contribution < 1.29 is 27.8 Å². The molecule has 0 bridgehead atoms. The molecule has 0 amide bonds. The van der Waals surface area contributed by atoms with E-state index in [1.165, 1.54) is 19.1 Å². The fourth-order valence-electron chi connectivity index (χ4n) is 6.22. The number of fused-ring (bicyclic) bond motifs is 1. The number of nitrogens with zero attached hydrogens (tertiary/aromatic N) is 2. The molecule has 0 spiro atoms. The quantitative estimate of drug-likeness (QED) is 0.458. The van der Waals surface area contributed by atoms with Gasteiger partial charge >= 0.3 is 12.1 Å². The second kappa shape index (κ2) is 10.4. The van der Waals surface area contributed by atoms with Crippen molar-refractivity contribution in [2.45, 2.75) is 58.4 Å². The van der Waals surface area contributed by atoms with Gasteiger partial charge in [-0.1, -0.05) is 26.0 Å². The predicted octanol–water partition coefficient (Wildman–Crippen LogP) is 4.83. The van der Waals surface area contributed by atoms with Gasteiger partial charge in [0.2, 0.25) is 0 Å². The molecule has 0 aromatic heterocycles. The molecule has 8 heteroatoms. The van der Waals surface area contributed by atoms with E-state index in [4.69, 9.17) is 4.74 Å². The molecule has 1 saturated heterocycles. The number of esters is 1. The van der Waals surface area contributed by atoms with E-state index in [0.29, 0.717) is 24.7 Å². The molecule has 1 N–H and O–H groups in total. The molecule has 1 saturated carbocycles. The van der Waals surface area contributed by atoms with Crippen molar-refractivity contribution in [3.8, 4) is 0 Å². The normalized spacial score (nSPS) is 32.4. The van der Waals surface area contributed by atoms with Gasteiger partial charge in [-0.25, -0.2) is 0 Å². The van der Waals surface area contributed by atoms with Crippen molar-refractivity contribution in [3.63, 3.8) is 0 Å². The lowest BCUT2D eigenvalue weighted by atomic mass is 9.57. The minimum absolute atomic E-state index is 0.0179. The first-order chi connectivity index (χ1) is 16.9. The molecule has 198 valence electrons. The van der Waals surface area contributed by atoms with Crippen LogP contribution in [-0.4, -0.2) is 60.4 Å². The van der Waals surface area contributed by atoms with E-state index in [1.807, 2.05) is 18.7 Å². The summed E-state index contributed by atoms with van der Waals surface area (Å²) in [6.07, 6.45) is 2.24. The maximum Gasteiger partial charge on any atom is 0.416 e. The maximum atomic E-state index is 13.1. The minimum atomic E-state index is -4.34. The third-order valence-electron chi connectivity index (χ3n) is 8.34. The number of hydrogen-bond donors (Lipinski definition) is 1. The Morgan fingerprint density at radius 1 is 1.25 bits per heavy atom. The van der Waals surface area contributed by atoms with Gasteiger partial charge in [0, 0.05) is 51.3 Å². The van der Waals surface area contributed by atoms with E-state index < -0.39 is 23.4 Å². The van der Waals surface area contributed by atoms with Gasteiger partial charge in [-0.15, -0.1) is 0 Å². The lowest BCUT2D eigenvalue weighted by molar-refractivity contribution is -0.148. The first-order valence-electron chi connectivity index (χ1n) is 12.9. The zero-order valence-corrected chi connectivity index (χ0v) is 21.5. The Balaban J connectivity index is 1.39. The van der Waals surface area contributed by atoms with Crippen molar-refractivity contribution in [1.29, 1.82) is 0 Å². The van der Waals surface area contributed by atoms with Gasteiger partial charge in [-0.3, -0.25) is 9.69 Å². The van der Waals surface area contributed by atoms with E-state index >= 15 is 0 Å². The molecule has 1 aliphatic heterocycles. The first kappa shape index (κ1) is 27.0. The fourth-order valence-corrected chi connectivity index (χ4v) is 6.22. The van der Waals surface area contributed by atoms with Crippen LogP contribution in [0.15, 0.2) is 35.9 Å². The standard InChI is InChI=1S/C28H37F3N2O3/c1-18-14-25-24(9-8-20(3)27(25,35)16-26(18)36-21(4)34)19(2)17-32-10-12-33(13-11-32)23-7-5-6-22(15-23)28(29,30)31/h5-7,14-15,19-20,24-26,35H,8-13,17H2,1-4H3/t19-,20-,24+,25-,26-,27-/m1/s1. The molecule has 6 atom stereocenters. The van der Waals surface area contributed by atoms with Gasteiger partial charge in [0.1, 0.15) is 6.10 Å². The molecule has 36 heavy (non-hydrogen) atoms. The summed E-state index contributed by atoms with van der Waals surface area (Å²) in [4.78, 5) is 15.9. The maximum absolute atomic E-state index is 13.1. The summed E-state index contributed by atoms with van der Waals surface area (Å²) in [5, 5.41) is 11.7. The number of rotatable bonds is 5. The number of alkyl halides is 3. The van der Waals surface area contributed by atoms with Crippen LogP contribution in [0.4, 0.5) is 18.9 Å². The van der Waals surface area contributed by atoms with Crippen LogP contribution < -0.4 is 4.90 Å². The van der Waals surface area contributed by atoms with Gasteiger partial charge in [-0.05, 0) is 61.3 Å². The van der Waals surface area contributed by atoms with Crippen LogP contribution in [0.3, 0.4) is 0 Å². The second-order valence-electron chi connectivity index (χ2n) is 10.9. The summed E-state index contributed by atoms with van der Waals surface area (Å²) in [6.45, 7) is 11.3. The number of carbonyl (C=O) groups is 1. The summed E-state index contributed by atoms with van der Waals surface area (Å²) >= 11 is 0. The van der Waals surface area contributed by atoms with E-state index in [9.17, 15) is 23.1 Å². The summed E-state index contributed by atoms with van der Waals surface area (Å²) in [6, 6.07) is 5.55. The summed E-state index contributed by atoms with van der Waals surface area (Å²) in [5.41, 5.74) is -0.240. The fraction of sp³-hybridized carbons (Fsp3) is 0.643. The average Bonchev–Trinajstić information content (AvgIpc) is 2.81. The molecule has 1 aromatic carbocycles. The number of aliphatic hydroxyl groups is 1. The lowest BCUT2D eigenvalue weighted by Crippen LogP contribution is -2.57. The topological polar surface area (TPSA) is 53.0 Å². The second-order valence-corrected chi connectivity index (χ2v) is 10.9. The Morgan fingerprint density at radius 3 is 2.58 bits per heavy atom. The van der Waals surface area contributed by atoms with Crippen molar-refractivity contribution in [2.75, 3.05) is 37.6 Å². The highest BCUT2D eigenvalue weighted by Crippen LogP contribution is 2.51. The van der Waals surface area contributed by atoms with Gasteiger partial charge in [0.25, 0.3) is 0 Å².